The molecule has 0 spiro atoms. The number of carbonyl (C=O) groups is 1. The molecule has 30 heavy (non-hydrogen) atoms. The van der Waals surface area contributed by atoms with Crippen molar-refractivity contribution in [1.29, 1.82) is 0 Å². The van der Waals surface area contributed by atoms with Crippen molar-refractivity contribution in [3.8, 4) is 5.88 Å². The van der Waals surface area contributed by atoms with Gasteiger partial charge in [-0.2, -0.15) is 0 Å². The zero-order valence-electron chi connectivity index (χ0n) is 17.3. The van der Waals surface area contributed by atoms with Gasteiger partial charge in [-0.05, 0) is 37.5 Å². The molecule has 0 radical (unpaired) electrons. The Hall–Kier alpha value is -3.04. The number of carbonyl (C=O) groups excluding carboxylic acids is 1. The van der Waals surface area contributed by atoms with Gasteiger partial charge in [0, 0.05) is 5.39 Å². The van der Waals surface area contributed by atoms with E-state index in [0.717, 1.165) is 28.9 Å². The van der Waals surface area contributed by atoms with Gasteiger partial charge in [-0.15, -0.1) is 21.6 Å². The summed E-state index contributed by atoms with van der Waals surface area (Å²) in [5, 5.41) is 25.1. The summed E-state index contributed by atoms with van der Waals surface area (Å²) in [6.07, 6.45) is 0. The molecule has 0 aliphatic carbocycles. The quantitative estimate of drug-likeness (QED) is 0.303. The summed E-state index contributed by atoms with van der Waals surface area (Å²) in [7, 11) is 0. The van der Waals surface area contributed by atoms with Crippen molar-refractivity contribution in [1.82, 2.24) is 9.47 Å². The Bertz CT molecular complexity index is 1050. The van der Waals surface area contributed by atoms with E-state index >= 15 is 0 Å². The third-order valence-corrected chi connectivity index (χ3v) is 5.66. The largest absolute Gasteiger partial charge is 0.493 e. The normalized spacial score (nSPS) is 12.3. The molecule has 0 bridgehead atoms. The average molecular weight is 428 g/mol. The number of aromatic hydroxyl groups is 1. The molecular weight excluding hydrogens is 402 g/mol. The summed E-state index contributed by atoms with van der Waals surface area (Å²) in [5.41, 5.74) is 1.78. The maximum absolute atomic E-state index is 12.1. The van der Waals surface area contributed by atoms with Gasteiger partial charge >= 0.3 is 5.91 Å². The van der Waals surface area contributed by atoms with E-state index in [1.807, 2.05) is 41.8 Å². The zero-order valence-corrected chi connectivity index (χ0v) is 18.1. The Labute approximate surface area is 179 Å². The number of rotatable bonds is 9. The van der Waals surface area contributed by atoms with Crippen LogP contribution in [0.15, 0.2) is 57.2 Å². The van der Waals surface area contributed by atoms with Crippen LogP contribution in [0.3, 0.4) is 0 Å². The predicted octanol–water partition coefficient (Wildman–Crippen LogP) is 4.76. The summed E-state index contributed by atoms with van der Waals surface area (Å²) in [5.74, 6) is -0.607. The standard InChI is InChI=1S/C21H25N5O3S/c1-4-25(5-2)14-26-17-10-7-6-9-16(17)20(21(26)28)23-22-19(27)13-29-24-15(3)18-11-8-12-30-18/h6-12,28H,4-5,13-14H2,1-3H3/b23-22?,24-15-. The highest BCUT2D eigenvalue weighted by Crippen LogP contribution is 2.38. The first kappa shape index (κ1) is 21.7. The number of para-hydroxylation sites is 1. The van der Waals surface area contributed by atoms with Crippen LogP contribution in [0.2, 0.25) is 0 Å². The fourth-order valence-corrected chi connectivity index (χ4v) is 3.65. The first-order chi connectivity index (χ1) is 14.5. The molecular formula is C21H25N5O3S. The first-order valence-electron chi connectivity index (χ1n) is 9.72. The van der Waals surface area contributed by atoms with Gasteiger partial charge < -0.3 is 9.94 Å². The highest BCUT2D eigenvalue weighted by atomic mass is 32.1. The SMILES string of the molecule is CCN(CC)Cn1c(O)c(N=NC(=O)CO/N=C(/C)c2cccs2)c2ccccc21. The number of aromatic nitrogens is 1. The highest BCUT2D eigenvalue weighted by molar-refractivity contribution is 7.12. The van der Waals surface area contributed by atoms with E-state index in [1.165, 1.54) is 11.3 Å². The molecule has 8 nitrogen and oxygen atoms in total. The number of hydrogen-bond donors (Lipinski definition) is 1. The molecule has 2 aromatic heterocycles. The van der Waals surface area contributed by atoms with E-state index in [4.69, 9.17) is 4.84 Å². The third-order valence-electron chi connectivity index (χ3n) is 4.68. The van der Waals surface area contributed by atoms with Crippen LogP contribution in [-0.2, 0) is 16.3 Å². The average Bonchev–Trinajstić information content (AvgIpc) is 3.38. The fourth-order valence-electron chi connectivity index (χ4n) is 2.99. The molecule has 0 aliphatic rings. The number of thiophene rings is 1. The second kappa shape index (κ2) is 10.1. The Kier molecular flexibility index (Phi) is 7.31. The van der Waals surface area contributed by atoms with Crippen LogP contribution in [0.1, 0.15) is 25.6 Å². The number of azo groups is 1. The topological polar surface area (TPSA) is 91.8 Å². The molecule has 0 fully saturated rings. The molecule has 3 rings (SSSR count). The highest BCUT2D eigenvalue weighted by Gasteiger charge is 2.18. The minimum absolute atomic E-state index is 0.0212. The van der Waals surface area contributed by atoms with Crippen molar-refractivity contribution in [3.63, 3.8) is 0 Å². The fraction of sp³-hybridized carbons (Fsp3) is 0.333. The van der Waals surface area contributed by atoms with Crippen LogP contribution in [0, 0.1) is 0 Å². The van der Waals surface area contributed by atoms with E-state index in [2.05, 4.69) is 34.1 Å². The second-order valence-electron chi connectivity index (χ2n) is 6.58. The van der Waals surface area contributed by atoms with Crippen LogP contribution < -0.4 is 0 Å². The summed E-state index contributed by atoms with van der Waals surface area (Å²) < 4.78 is 1.77. The van der Waals surface area contributed by atoms with Crippen LogP contribution in [0.5, 0.6) is 5.88 Å². The monoisotopic (exact) mass is 427 g/mol. The van der Waals surface area contributed by atoms with E-state index < -0.39 is 5.91 Å². The third kappa shape index (κ3) is 4.92. The van der Waals surface area contributed by atoms with Crippen molar-refractivity contribution in [2.24, 2.45) is 15.4 Å². The van der Waals surface area contributed by atoms with Crippen molar-refractivity contribution >= 4 is 39.5 Å². The smallest absolute Gasteiger partial charge is 0.304 e. The molecule has 1 aromatic carbocycles. The predicted molar refractivity (Wildman–Crippen MR) is 119 cm³/mol. The molecule has 0 unspecified atom stereocenters. The van der Waals surface area contributed by atoms with Crippen molar-refractivity contribution in [2.75, 3.05) is 19.7 Å². The zero-order chi connectivity index (χ0) is 21.5. The van der Waals surface area contributed by atoms with Gasteiger partial charge in [-0.3, -0.25) is 14.3 Å². The van der Waals surface area contributed by atoms with Crippen LogP contribution >= 0.6 is 11.3 Å². The lowest BCUT2D eigenvalue weighted by molar-refractivity contribution is -0.122. The number of oxime groups is 1. The Morgan fingerprint density at radius 2 is 1.97 bits per heavy atom. The minimum atomic E-state index is -0.585. The van der Waals surface area contributed by atoms with Gasteiger partial charge in [0.1, 0.15) is 0 Å². The summed E-state index contributed by atoms with van der Waals surface area (Å²) in [6.45, 7) is 7.82. The molecule has 1 amide bonds. The van der Waals surface area contributed by atoms with E-state index in [9.17, 15) is 9.90 Å². The Morgan fingerprint density at radius 1 is 1.20 bits per heavy atom. The van der Waals surface area contributed by atoms with Crippen LogP contribution in [-0.4, -0.2) is 45.9 Å². The molecule has 0 saturated heterocycles. The first-order valence-corrected chi connectivity index (χ1v) is 10.6. The lowest BCUT2D eigenvalue weighted by atomic mass is 10.2. The van der Waals surface area contributed by atoms with Gasteiger partial charge in [0.2, 0.25) is 5.88 Å². The van der Waals surface area contributed by atoms with Gasteiger partial charge in [-0.25, -0.2) is 0 Å². The van der Waals surface area contributed by atoms with Gasteiger partial charge in [0.05, 0.1) is 22.8 Å². The number of benzene rings is 1. The summed E-state index contributed by atoms with van der Waals surface area (Å²) in [6, 6.07) is 11.3. The summed E-state index contributed by atoms with van der Waals surface area (Å²) in [4.78, 5) is 20.3. The lowest BCUT2D eigenvalue weighted by Crippen LogP contribution is -2.25. The van der Waals surface area contributed by atoms with Crippen LogP contribution in [0.4, 0.5) is 5.69 Å². The number of nitrogens with zero attached hydrogens (tertiary/aromatic N) is 5. The van der Waals surface area contributed by atoms with E-state index in [0.29, 0.717) is 12.4 Å². The molecule has 2 heterocycles. The van der Waals surface area contributed by atoms with E-state index in [-0.39, 0.29) is 18.2 Å². The van der Waals surface area contributed by atoms with E-state index in [1.54, 1.807) is 11.5 Å². The van der Waals surface area contributed by atoms with Gasteiger partial charge in [0.15, 0.2) is 12.3 Å². The van der Waals surface area contributed by atoms with Crippen LogP contribution in [0.25, 0.3) is 10.9 Å². The Morgan fingerprint density at radius 3 is 2.67 bits per heavy atom. The molecule has 1 N–H and O–H groups in total. The lowest BCUT2D eigenvalue weighted by Gasteiger charge is -2.19. The van der Waals surface area contributed by atoms with Gasteiger partial charge in [-0.1, -0.05) is 43.3 Å². The maximum atomic E-state index is 12.1. The van der Waals surface area contributed by atoms with Crippen molar-refractivity contribution < 1.29 is 14.7 Å². The number of hydrogen-bond acceptors (Lipinski definition) is 7. The maximum Gasteiger partial charge on any atom is 0.304 e. The second-order valence-corrected chi connectivity index (χ2v) is 7.53. The molecule has 3 aromatic rings. The molecule has 9 heteroatoms. The van der Waals surface area contributed by atoms with Gasteiger partial charge in [0.25, 0.3) is 0 Å². The number of amides is 1. The number of fused-ring (bicyclic) bond motifs is 1. The molecule has 0 aliphatic heterocycles. The van der Waals surface area contributed by atoms with Crippen molar-refractivity contribution in [3.05, 3.63) is 46.7 Å². The van der Waals surface area contributed by atoms with Crippen molar-refractivity contribution in [2.45, 2.75) is 27.4 Å². The minimum Gasteiger partial charge on any atom is -0.493 e. The molecule has 158 valence electrons. The summed E-state index contributed by atoms with van der Waals surface area (Å²) >= 11 is 1.54. The molecule has 0 saturated carbocycles. The Balaban J connectivity index is 1.74. The molecule has 0 atom stereocenters.